The van der Waals surface area contributed by atoms with E-state index in [-0.39, 0.29) is 16.7 Å². The van der Waals surface area contributed by atoms with Crippen LogP contribution < -0.4 is 0 Å². The first-order chi connectivity index (χ1) is 9.39. The lowest BCUT2D eigenvalue weighted by Crippen LogP contribution is -2.26. The van der Waals surface area contributed by atoms with Crippen LogP contribution in [0, 0.1) is 5.82 Å². The zero-order chi connectivity index (χ0) is 14.8. The fraction of sp³-hybridized carbons (Fsp3) is 0.167. The SMILES string of the molecule is CN(Cc1cccc(F)c1)S(=O)(=O)c1cnc(Cl)nc1. The minimum absolute atomic E-state index is 0.0308. The molecule has 0 saturated heterocycles. The van der Waals surface area contributed by atoms with E-state index in [1.165, 1.54) is 25.2 Å². The number of hydrogen-bond donors (Lipinski definition) is 0. The summed E-state index contributed by atoms with van der Waals surface area (Å²) in [5, 5.41) is -0.0308. The fourth-order valence-corrected chi connectivity index (χ4v) is 2.74. The molecule has 0 saturated carbocycles. The zero-order valence-electron chi connectivity index (χ0n) is 10.5. The molecular weight excluding hydrogens is 305 g/mol. The maximum atomic E-state index is 13.1. The van der Waals surface area contributed by atoms with Crippen molar-refractivity contribution in [2.75, 3.05) is 7.05 Å². The maximum absolute atomic E-state index is 13.1. The van der Waals surface area contributed by atoms with Crippen LogP contribution >= 0.6 is 11.6 Å². The Morgan fingerprint density at radius 1 is 1.30 bits per heavy atom. The number of aromatic nitrogens is 2. The molecule has 106 valence electrons. The molecule has 5 nitrogen and oxygen atoms in total. The molecule has 0 fully saturated rings. The Bertz CT molecular complexity index is 707. The average Bonchev–Trinajstić information content (AvgIpc) is 2.39. The minimum atomic E-state index is -3.74. The topological polar surface area (TPSA) is 63.2 Å². The summed E-state index contributed by atoms with van der Waals surface area (Å²) in [4.78, 5) is 7.21. The van der Waals surface area contributed by atoms with Crippen molar-refractivity contribution in [3.8, 4) is 0 Å². The van der Waals surface area contributed by atoms with Gasteiger partial charge in [-0.2, -0.15) is 4.31 Å². The molecule has 1 heterocycles. The molecule has 0 amide bonds. The van der Waals surface area contributed by atoms with Crippen molar-refractivity contribution in [3.05, 3.63) is 53.3 Å². The van der Waals surface area contributed by atoms with Gasteiger partial charge in [-0.1, -0.05) is 12.1 Å². The van der Waals surface area contributed by atoms with Crippen LogP contribution in [0.4, 0.5) is 4.39 Å². The predicted molar refractivity (Wildman–Crippen MR) is 72.1 cm³/mol. The van der Waals surface area contributed by atoms with E-state index in [2.05, 4.69) is 9.97 Å². The molecule has 1 aromatic carbocycles. The average molecular weight is 316 g/mol. The fourth-order valence-electron chi connectivity index (χ4n) is 1.59. The molecule has 8 heteroatoms. The molecule has 0 atom stereocenters. The minimum Gasteiger partial charge on any atom is -0.225 e. The third kappa shape index (κ3) is 3.30. The standard InChI is InChI=1S/C12H11ClFN3O2S/c1-17(8-9-3-2-4-10(14)5-9)20(18,19)11-6-15-12(13)16-7-11/h2-7H,8H2,1H3. The third-order valence-electron chi connectivity index (χ3n) is 2.60. The zero-order valence-corrected chi connectivity index (χ0v) is 12.1. The first-order valence-electron chi connectivity index (χ1n) is 5.58. The molecule has 0 aliphatic rings. The lowest BCUT2D eigenvalue weighted by atomic mass is 10.2. The van der Waals surface area contributed by atoms with Crippen LogP contribution in [0.3, 0.4) is 0 Å². The normalized spacial score (nSPS) is 11.8. The van der Waals surface area contributed by atoms with Crippen LogP contribution in [-0.4, -0.2) is 29.7 Å². The molecule has 0 spiro atoms. The molecule has 0 N–H and O–H groups in total. The molecule has 1 aromatic heterocycles. The quantitative estimate of drug-likeness (QED) is 0.810. The second-order valence-electron chi connectivity index (χ2n) is 4.08. The first-order valence-corrected chi connectivity index (χ1v) is 7.40. The third-order valence-corrected chi connectivity index (χ3v) is 4.55. The van der Waals surface area contributed by atoms with Gasteiger partial charge in [0.15, 0.2) is 0 Å². The smallest absolute Gasteiger partial charge is 0.225 e. The van der Waals surface area contributed by atoms with Gasteiger partial charge in [0.1, 0.15) is 10.7 Å². The molecule has 0 aliphatic heterocycles. The number of halogens is 2. The van der Waals surface area contributed by atoms with Gasteiger partial charge in [0.2, 0.25) is 15.3 Å². The number of sulfonamides is 1. The van der Waals surface area contributed by atoms with Crippen LogP contribution in [0.2, 0.25) is 5.28 Å². The Morgan fingerprint density at radius 2 is 1.95 bits per heavy atom. The largest absolute Gasteiger partial charge is 0.246 e. The predicted octanol–water partition coefficient (Wildman–Crippen LogP) is 2.09. The van der Waals surface area contributed by atoms with Gasteiger partial charge in [0.25, 0.3) is 0 Å². The van der Waals surface area contributed by atoms with E-state index >= 15 is 0 Å². The Morgan fingerprint density at radius 3 is 2.55 bits per heavy atom. The number of rotatable bonds is 4. The number of benzene rings is 1. The Labute approximate surface area is 121 Å². The van der Waals surface area contributed by atoms with Crippen molar-refractivity contribution >= 4 is 21.6 Å². The van der Waals surface area contributed by atoms with Crippen molar-refractivity contribution in [2.24, 2.45) is 0 Å². The summed E-state index contributed by atoms with van der Waals surface area (Å²) >= 11 is 5.52. The van der Waals surface area contributed by atoms with E-state index in [1.54, 1.807) is 6.07 Å². The Kier molecular flexibility index (Phi) is 4.32. The van der Waals surface area contributed by atoms with E-state index in [1.807, 2.05) is 0 Å². The Hall–Kier alpha value is -1.57. The van der Waals surface area contributed by atoms with Crippen LogP contribution in [0.5, 0.6) is 0 Å². The van der Waals surface area contributed by atoms with Crippen molar-refractivity contribution in [3.63, 3.8) is 0 Å². The molecule has 0 unspecified atom stereocenters. The summed E-state index contributed by atoms with van der Waals surface area (Å²) in [5.41, 5.74) is 0.547. The summed E-state index contributed by atoms with van der Waals surface area (Å²) < 4.78 is 38.7. The van der Waals surface area contributed by atoms with Gasteiger partial charge in [-0.3, -0.25) is 0 Å². The van der Waals surface area contributed by atoms with Crippen molar-refractivity contribution in [1.82, 2.24) is 14.3 Å². The summed E-state index contributed by atoms with van der Waals surface area (Å²) in [5.74, 6) is -0.414. The highest BCUT2D eigenvalue weighted by atomic mass is 35.5. The molecule has 0 bridgehead atoms. The lowest BCUT2D eigenvalue weighted by molar-refractivity contribution is 0.465. The molecular formula is C12H11ClFN3O2S. The van der Waals surface area contributed by atoms with Gasteiger partial charge >= 0.3 is 0 Å². The van der Waals surface area contributed by atoms with Gasteiger partial charge in [-0.05, 0) is 29.3 Å². The van der Waals surface area contributed by atoms with Crippen LogP contribution in [0.15, 0.2) is 41.6 Å². The second kappa shape index (κ2) is 5.82. The maximum Gasteiger partial charge on any atom is 0.246 e. The van der Waals surface area contributed by atoms with Crippen LogP contribution in [0.25, 0.3) is 0 Å². The number of nitrogens with zero attached hydrogens (tertiary/aromatic N) is 3. The highest BCUT2D eigenvalue weighted by Crippen LogP contribution is 2.16. The molecule has 20 heavy (non-hydrogen) atoms. The van der Waals surface area contributed by atoms with Crippen LogP contribution in [-0.2, 0) is 16.6 Å². The summed E-state index contributed by atoms with van der Waals surface area (Å²) in [7, 11) is -2.34. The molecule has 0 radical (unpaired) electrons. The van der Waals surface area contributed by atoms with Crippen molar-refractivity contribution in [1.29, 1.82) is 0 Å². The molecule has 0 aliphatic carbocycles. The highest BCUT2D eigenvalue weighted by Gasteiger charge is 2.21. The van der Waals surface area contributed by atoms with E-state index in [0.29, 0.717) is 5.56 Å². The molecule has 2 aromatic rings. The summed E-state index contributed by atoms with van der Waals surface area (Å²) in [6.07, 6.45) is 2.26. The van der Waals surface area contributed by atoms with Gasteiger partial charge < -0.3 is 0 Å². The monoisotopic (exact) mass is 315 g/mol. The van der Waals surface area contributed by atoms with Gasteiger partial charge in [-0.25, -0.2) is 22.8 Å². The van der Waals surface area contributed by atoms with E-state index in [0.717, 1.165) is 16.7 Å². The first kappa shape index (κ1) is 14.8. The van der Waals surface area contributed by atoms with E-state index in [9.17, 15) is 12.8 Å². The van der Waals surface area contributed by atoms with E-state index < -0.39 is 15.8 Å². The van der Waals surface area contributed by atoms with Crippen LogP contribution in [0.1, 0.15) is 5.56 Å². The van der Waals surface area contributed by atoms with Crippen molar-refractivity contribution < 1.29 is 12.8 Å². The van der Waals surface area contributed by atoms with Crippen molar-refractivity contribution in [2.45, 2.75) is 11.4 Å². The highest BCUT2D eigenvalue weighted by molar-refractivity contribution is 7.89. The van der Waals surface area contributed by atoms with Gasteiger partial charge in [0, 0.05) is 13.6 Å². The Balaban J connectivity index is 2.23. The molecule has 2 rings (SSSR count). The van der Waals surface area contributed by atoms with Gasteiger partial charge in [0.05, 0.1) is 12.4 Å². The van der Waals surface area contributed by atoms with Gasteiger partial charge in [-0.15, -0.1) is 0 Å². The summed E-state index contributed by atoms with van der Waals surface area (Å²) in [6.45, 7) is 0.0444. The summed E-state index contributed by atoms with van der Waals surface area (Å²) in [6, 6.07) is 5.75. The van der Waals surface area contributed by atoms with E-state index in [4.69, 9.17) is 11.6 Å². The second-order valence-corrected chi connectivity index (χ2v) is 6.46. The number of hydrogen-bond acceptors (Lipinski definition) is 4. The lowest BCUT2D eigenvalue weighted by Gasteiger charge is -2.16.